The predicted octanol–water partition coefficient (Wildman–Crippen LogP) is 5.32. The van der Waals surface area contributed by atoms with Crippen LogP contribution in [0.3, 0.4) is 0 Å². The van der Waals surface area contributed by atoms with E-state index >= 15 is 0 Å². The van der Waals surface area contributed by atoms with Crippen LogP contribution >= 0.6 is 12.4 Å². The number of carbonyl (C=O) groups excluding carboxylic acids is 4. The van der Waals surface area contributed by atoms with Gasteiger partial charge in [0.25, 0.3) is 0 Å². The van der Waals surface area contributed by atoms with Gasteiger partial charge in [0.15, 0.2) is 0 Å². The van der Waals surface area contributed by atoms with Crippen LogP contribution in [-0.2, 0) is 28.5 Å². The number of nitrogens with two attached hydrogens (primary N) is 1. The van der Waals surface area contributed by atoms with Gasteiger partial charge >= 0.3 is 24.1 Å². The van der Waals surface area contributed by atoms with Crippen molar-refractivity contribution in [1.82, 2.24) is 5.32 Å². The fraction of sp³-hybridized carbons (Fsp3) is 0.484. The zero-order chi connectivity index (χ0) is 32.9. The molecular weight excluding hydrogens is 592 g/mol. The zero-order valence-electron chi connectivity index (χ0n) is 27.2. The maximum atomic E-state index is 11.8. The molecule has 2 aromatic rings. The minimum Gasteiger partial charge on any atom is -0.428 e. The zero-order valence-corrected chi connectivity index (χ0v) is 28.1. The summed E-state index contributed by atoms with van der Waals surface area (Å²) in [6.45, 7) is 10.7. The first-order valence-electron chi connectivity index (χ1n) is 14.0. The number of esters is 2. The minimum atomic E-state index is -0.595. The molecule has 13 heteroatoms. The third kappa shape index (κ3) is 17.9. The molecule has 0 bridgehead atoms. The van der Waals surface area contributed by atoms with E-state index in [0.717, 1.165) is 11.1 Å². The molecule has 2 atom stereocenters. The highest BCUT2D eigenvalue weighted by molar-refractivity contribution is 5.87. The number of nitrogens with one attached hydrogen (secondary N) is 1. The van der Waals surface area contributed by atoms with E-state index in [9.17, 15) is 19.2 Å². The highest BCUT2D eigenvalue weighted by atomic mass is 35.5. The number of rotatable bonds is 11. The molecule has 0 saturated carbocycles. The maximum Gasteiger partial charge on any atom is 0.416 e. The van der Waals surface area contributed by atoms with Gasteiger partial charge < -0.3 is 30.0 Å². The number of nitrogens with zero attached hydrogens (tertiary/aromatic N) is 2. The van der Waals surface area contributed by atoms with Crippen LogP contribution in [0.5, 0.6) is 0 Å². The molecule has 0 radical (unpaired) electrons. The monoisotopic (exact) mass is 640 g/mol. The Balaban J connectivity index is 0. The van der Waals surface area contributed by atoms with Crippen molar-refractivity contribution >= 4 is 47.9 Å². The van der Waals surface area contributed by atoms with Crippen LogP contribution in [0.15, 0.2) is 48.5 Å². The SMILES string of the molecule is CC.CNC(C)CC(=O)OCOC(=O)N(C)c1ccc(C)cc1.Cc1ccc(N(C)C(=O)OCOC(=O)CC(C)N)cc1.Cl. The summed E-state index contributed by atoms with van der Waals surface area (Å²) in [6.07, 6.45) is -0.858. The van der Waals surface area contributed by atoms with Crippen LogP contribution in [0.25, 0.3) is 0 Å². The van der Waals surface area contributed by atoms with Gasteiger partial charge in [-0.25, -0.2) is 9.59 Å². The van der Waals surface area contributed by atoms with Crippen LogP contribution in [0.2, 0.25) is 0 Å². The first kappa shape index (κ1) is 42.3. The fourth-order valence-corrected chi connectivity index (χ4v) is 2.97. The lowest BCUT2D eigenvalue weighted by Gasteiger charge is -2.17. The topological polar surface area (TPSA) is 150 Å². The average molecular weight is 641 g/mol. The lowest BCUT2D eigenvalue weighted by atomic mass is 10.2. The van der Waals surface area contributed by atoms with E-state index in [1.54, 1.807) is 40.2 Å². The minimum absolute atomic E-state index is 0. The van der Waals surface area contributed by atoms with Crippen molar-refractivity contribution in [3.8, 4) is 0 Å². The summed E-state index contributed by atoms with van der Waals surface area (Å²) in [4.78, 5) is 48.8. The summed E-state index contributed by atoms with van der Waals surface area (Å²) in [7, 11) is 4.93. The Morgan fingerprint density at radius 2 is 1.05 bits per heavy atom. The second-order valence-corrected chi connectivity index (χ2v) is 9.45. The van der Waals surface area contributed by atoms with E-state index < -0.39 is 30.9 Å². The van der Waals surface area contributed by atoms with Crippen molar-refractivity contribution in [2.75, 3.05) is 44.5 Å². The van der Waals surface area contributed by atoms with Crippen LogP contribution < -0.4 is 20.9 Å². The number of halogens is 1. The van der Waals surface area contributed by atoms with E-state index in [4.69, 9.17) is 24.7 Å². The third-order valence-electron chi connectivity index (χ3n) is 5.65. The van der Waals surface area contributed by atoms with Crippen molar-refractivity contribution in [2.24, 2.45) is 5.73 Å². The number of benzene rings is 2. The number of carbonyl (C=O) groups is 4. The average Bonchev–Trinajstić information content (AvgIpc) is 2.98. The molecule has 248 valence electrons. The van der Waals surface area contributed by atoms with Crippen LogP contribution in [0.4, 0.5) is 21.0 Å². The van der Waals surface area contributed by atoms with Crippen molar-refractivity contribution in [2.45, 2.75) is 66.5 Å². The van der Waals surface area contributed by atoms with Gasteiger partial charge in [0.2, 0.25) is 13.6 Å². The second-order valence-electron chi connectivity index (χ2n) is 9.45. The van der Waals surface area contributed by atoms with Gasteiger partial charge in [0, 0.05) is 37.6 Å². The molecule has 2 amide bonds. The Morgan fingerprint density at radius 3 is 1.36 bits per heavy atom. The first-order valence-corrected chi connectivity index (χ1v) is 14.0. The molecule has 0 heterocycles. The highest BCUT2D eigenvalue weighted by Gasteiger charge is 2.15. The Kier molecular flexibility index (Phi) is 22.6. The van der Waals surface area contributed by atoms with Gasteiger partial charge in [0.05, 0.1) is 12.8 Å². The Hall–Kier alpha value is -3.87. The van der Waals surface area contributed by atoms with E-state index in [0.29, 0.717) is 11.4 Å². The van der Waals surface area contributed by atoms with Gasteiger partial charge in [-0.2, -0.15) is 0 Å². The summed E-state index contributed by atoms with van der Waals surface area (Å²) < 4.78 is 19.3. The molecule has 0 aliphatic carbocycles. The molecular formula is C31H49ClN4O8. The summed E-state index contributed by atoms with van der Waals surface area (Å²) >= 11 is 0. The Morgan fingerprint density at radius 1 is 0.705 bits per heavy atom. The standard InChI is InChI=1S/C15H22N2O4.C14H20N2O4.C2H6.ClH/c1-11-5-7-13(8-6-11)17(4)15(19)21-10-20-14(18)9-12(2)16-3;1-10-4-6-12(7-5-10)16(3)14(18)20-9-19-13(17)8-11(2)15;1-2;/h5-8,12,16H,9-10H2,1-4H3;4-7,11H,8-9,15H2,1-3H3;1-2H3;1H. The van der Waals surface area contributed by atoms with E-state index in [2.05, 4.69) is 5.32 Å². The lowest BCUT2D eigenvalue weighted by molar-refractivity contribution is -0.153. The molecule has 3 N–H and O–H groups in total. The summed E-state index contributed by atoms with van der Waals surface area (Å²) in [5.41, 5.74) is 9.05. The molecule has 0 saturated heterocycles. The molecule has 0 aromatic heterocycles. The Labute approximate surface area is 267 Å². The number of ether oxygens (including phenoxy) is 4. The molecule has 0 aliphatic rings. The number of hydrogen-bond acceptors (Lipinski definition) is 10. The highest BCUT2D eigenvalue weighted by Crippen LogP contribution is 2.15. The fourth-order valence-electron chi connectivity index (χ4n) is 2.97. The van der Waals surface area contributed by atoms with Crippen molar-refractivity contribution < 1.29 is 38.1 Å². The Bertz CT molecular complexity index is 1110. The third-order valence-corrected chi connectivity index (χ3v) is 5.65. The van der Waals surface area contributed by atoms with E-state index in [1.165, 1.54) is 9.80 Å². The van der Waals surface area contributed by atoms with Gasteiger partial charge in [-0.1, -0.05) is 49.2 Å². The summed E-state index contributed by atoms with van der Waals surface area (Å²) in [5, 5.41) is 2.92. The molecule has 2 unspecified atom stereocenters. The molecule has 0 aliphatic heterocycles. The first-order chi connectivity index (χ1) is 20.3. The van der Waals surface area contributed by atoms with Gasteiger partial charge in [0.1, 0.15) is 0 Å². The molecule has 44 heavy (non-hydrogen) atoms. The van der Waals surface area contributed by atoms with Crippen LogP contribution in [0, 0.1) is 13.8 Å². The molecule has 0 fully saturated rings. The van der Waals surface area contributed by atoms with Crippen molar-refractivity contribution in [1.29, 1.82) is 0 Å². The lowest BCUT2D eigenvalue weighted by Crippen LogP contribution is -2.29. The quantitative estimate of drug-likeness (QED) is 0.244. The predicted molar refractivity (Wildman–Crippen MR) is 174 cm³/mol. The van der Waals surface area contributed by atoms with Gasteiger partial charge in [-0.05, 0) is 59.0 Å². The van der Waals surface area contributed by atoms with Crippen molar-refractivity contribution in [3.63, 3.8) is 0 Å². The normalized spacial score (nSPS) is 11.0. The van der Waals surface area contributed by atoms with E-state index in [-0.39, 0.29) is 44.1 Å². The maximum absolute atomic E-state index is 11.8. The molecule has 2 aromatic carbocycles. The van der Waals surface area contributed by atoms with E-state index in [1.807, 2.05) is 71.0 Å². The smallest absolute Gasteiger partial charge is 0.416 e. The molecule has 2 rings (SSSR count). The number of hydrogen-bond donors (Lipinski definition) is 2. The number of aryl methyl sites for hydroxylation is 2. The van der Waals surface area contributed by atoms with Crippen molar-refractivity contribution in [3.05, 3.63) is 59.7 Å². The van der Waals surface area contributed by atoms with Crippen LogP contribution in [0.1, 0.15) is 51.7 Å². The largest absolute Gasteiger partial charge is 0.428 e. The van der Waals surface area contributed by atoms with Gasteiger partial charge in [-0.3, -0.25) is 19.4 Å². The summed E-state index contributed by atoms with van der Waals surface area (Å²) in [6, 6.07) is 14.6. The molecule has 12 nitrogen and oxygen atoms in total. The second kappa shape index (κ2) is 23.6. The van der Waals surface area contributed by atoms with Gasteiger partial charge in [-0.15, -0.1) is 12.4 Å². The number of amides is 2. The molecule has 0 spiro atoms. The summed E-state index contributed by atoms with van der Waals surface area (Å²) in [5.74, 6) is -0.909. The van der Waals surface area contributed by atoms with Crippen LogP contribution in [-0.4, -0.2) is 70.9 Å². The number of anilines is 2.